The quantitative estimate of drug-likeness (QED) is 0.401. The van der Waals surface area contributed by atoms with Crippen molar-refractivity contribution in [2.45, 2.75) is 24.6 Å². The van der Waals surface area contributed by atoms with Gasteiger partial charge in [-0.1, -0.05) is 0 Å². The summed E-state index contributed by atoms with van der Waals surface area (Å²) in [6, 6.07) is -1.23. The molecule has 0 saturated carbocycles. The molecule has 2 unspecified atom stereocenters. The van der Waals surface area contributed by atoms with Crippen LogP contribution in [0, 0.1) is 0 Å². The number of ether oxygens (including phenoxy) is 2. The van der Waals surface area contributed by atoms with Gasteiger partial charge in [0.05, 0.1) is 14.2 Å². The summed E-state index contributed by atoms with van der Waals surface area (Å²) in [5, 5.41) is 10.1. The molecule has 0 aromatic rings. The van der Waals surface area contributed by atoms with Crippen LogP contribution in [0.4, 0.5) is 0 Å². The molecule has 0 aliphatic carbocycles. The van der Waals surface area contributed by atoms with Gasteiger partial charge in [-0.15, -0.1) is 11.8 Å². The minimum atomic E-state index is -1.29. The van der Waals surface area contributed by atoms with Gasteiger partial charge in [0, 0.05) is 19.1 Å². The van der Waals surface area contributed by atoms with Crippen LogP contribution in [0.5, 0.6) is 0 Å². The largest absolute Gasteiger partial charge is 0.480 e. The molecule has 0 radical (unpaired) electrons. The van der Waals surface area contributed by atoms with E-state index in [1.54, 1.807) is 0 Å². The standard InChI is InChI=1S/C12H17NO8S/c1-6(14)13-7(10(16)17)5-22-9(12(19)21-3)4-8(15)11(18)20-2/h7,9H,4-5H2,1-3H3,(H,13,14)(H,16,17). The molecule has 2 N–H and O–H groups in total. The number of carboxylic acid groups (broad SMARTS) is 1. The summed E-state index contributed by atoms with van der Waals surface area (Å²) in [5.74, 6) is -4.83. The molecule has 0 fully saturated rings. The average Bonchev–Trinajstić information content (AvgIpc) is 2.47. The van der Waals surface area contributed by atoms with Gasteiger partial charge in [-0.05, 0) is 0 Å². The summed E-state index contributed by atoms with van der Waals surface area (Å²) in [6.45, 7) is 1.15. The molecule has 124 valence electrons. The molecule has 0 rings (SSSR count). The number of amides is 1. The second-order valence-electron chi connectivity index (χ2n) is 4.06. The van der Waals surface area contributed by atoms with Crippen LogP contribution in [0.3, 0.4) is 0 Å². The van der Waals surface area contributed by atoms with E-state index in [-0.39, 0.29) is 5.75 Å². The van der Waals surface area contributed by atoms with E-state index in [0.29, 0.717) is 0 Å². The molecule has 0 heterocycles. The molecule has 0 aliphatic rings. The van der Waals surface area contributed by atoms with E-state index in [9.17, 15) is 24.0 Å². The van der Waals surface area contributed by atoms with Crippen molar-refractivity contribution < 1.29 is 38.6 Å². The summed E-state index contributed by atoms with van der Waals surface area (Å²) < 4.78 is 8.74. The van der Waals surface area contributed by atoms with Gasteiger partial charge in [0.2, 0.25) is 11.7 Å². The number of carboxylic acids is 1. The van der Waals surface area contributed by atoms with Gasteiger partial charge in [0.1, 0.15) is 11.3 Å². The molecule has 0 spiro atoms. The smallest absolute Gasteiger partial charge is 0.374 e. The van der Waals surface area contributed by atoms with E-state index in [4.69, 9.17) is 5.11 Å². The summed E-state index contributed by atoms with van der Waals surface area (Å²) >= 11 is 0.790. The third kappa shape index (κ3) is 7.07. The normalized spacial score (nSPS) is 12.7. The van der Waals surface area contributed by atoms with Gasteiger partial charge in [0.25, 0.3) is 0 Å². The number of Topliss-reactive ketones (excluding diaryl/α,β-unsaturated/α-hetero) is 1. The second-order valence-corrected chi connectivity index (χ2v) is 5.29. The average molecular weight is 335 g/mol. The zero-order valence-electron chi connectivity index (χ0n) is 12.3. The third-order valence-electron chi connectivity index (χ3n) is 2.39. The number of carbonyl (C=O) groups is 5. The fraction of sp³-hybridized carbons (Fsp3) is 0.583. The van der Waals surface area contributed by atoms with Crippen molar-refractivity contribution in [2.24, 2.45) is 0 Å². The fourth-order valence-corrected chi connectivity index (χ4v) is 2.49. The number of thioether (sulfide) groups is 1. The Hall–Kier alpha value is -2.10. The van der Waals surface area contributed by atoms with Crippen molar-refractivity contribution in [3.8, 4) is 0 Å². The molecular weight excluding hydrogens is 318 g/mol. The first-order chi connectivity index (χ1) is 10.2. The number of ketones is 1. The van der Waals surface area contributed by atoms with Gasteiger partial charge in [-0.25, -0.2) is 9.59 Å². The molecule has 0 aromatic heterocycles. The van der Waals surface area contributed by atoms with Crippen LogP contribution in [-0.4, -0.2) is 66.0 Å². The number of rotatable bonds is 9. The summed E-state index contributed by atoms with van der Waals surface area (Å²) in [4.78, 5) is 56.0. The maximum absolute atomic E-state index is 11.6. The zero-order chi connectivity index (χ0) is 17.3. The highest BCUT2D eigenvalue weighted by atomic mass is 32.2. The molecule has 0 aromatic carbocycles. The predicted octanol–water partition coefficient (Wildman–Crippen LogP) is -1.02. The number of aliphatic carboxylic acids is 1. The zero-order valence-corrected chi connectivity index (χ0v) is 13.1. The summed E-state index contributed by atoms with van der Waals surface area (Å²) in [7, 11) is 2.12. The van der Waals surface area contributed by atoms with Crippen LogP contribution in [0.1, 0.15) is 13.3 Å². The van der Waals surface area contributed by atoms with E-state index < -0.39 is 47.3 Å². The summed E-state index contributed by atoms with van der Waals surface area (Å²) in [6.07, 6.45) is -0.490. The van der Waals surface area contributed by atoms with E-state index in [1.165, 1.54) is 0 Å². The van der Waals surface area contributed by atoms with Gasteiger partial charge in [0.15, 0.2) is 0 Å². The first-order valence-electron chi connectivity index (χ1n) is 6.03. The molecule has 10 heteroatoms. The lowest BCUT2D eigenvalue weighted by molar-refractivity contribution is -0.152. The predicted molar refractivity (Wildman–Crippen MR) is 75.1 cm³/mol. The Morgan fingerprint density at radius 2 is 1.73 bits per heavy atom. The second kappa shape index (κ2) is 9.77. The molecular formula is C12H17NO8S. The van der Waals surface area contributed by atoms with Gasteiger partial charge in [-0.3, -0.25) is 14.4 Å². The monoisotopic (exact) mass is 335 g/mol. The highest BCUT2D eigenvalue weighted by molar-refractivity contribution is 8.00. The van der Waals surface area contributed by atoms with Crippen LogP contribution >= 0.6 is 11.8 Å². The molecule has 1 amide bonds. The Morgan fingerprint density at radius 3 is 2.14 bits per heavy atom. The Bertz CT molecular complexity index is 464. The van der Waals surface area contributed by atoms with Crippen molar-refractivity contribution >= 4 is 41.4 Å². The van der Waals surface area contributed by atoms with Gasteiger partial charge in [-0.2, -0.15) is 0 Å². The van der Waals surface area contributed by atoms with Crippen LogP contribution in [0.25, 0.3) is 0 Å². The topological polar surface area (TPSA) is 136 Å². The number of esters is 2. The lowest BCUT2D eigenvalue weighted by atomic mass is 10.2. The number of nitrogens with one attached hydrogen (secondary N) is 1. The molecule has 0 bridgehead atoms. The lowest BCUT2D eigenvalue weighted by Crippen LogP contribution is -2.42. The first-order valence-corrected chi connectivity index (χ1v) is 7.08. The lowest BCUT2D eigenvalue weighted by Gasteiger charge is -2.17. The Labute approximate surface area is 130 Å². The fourth-order valence-electron chi connectivity index (χ4n) is 1.34. The van der Waals surface area contributed by atoms with E-state index >= 15 is 0 Å². The SMILES string of the molecule is COC(=O)C(=O)CC(SCC(NC(C)=O)C(=O)O)C(=O)OC. The molecule has 9 nitrogen and oxygen atoms in total. The van der Waals surface area contributed by atoms with Gasteiger partial charge < -0.3 is 19.9 Å². The van der Waals surface area contributed by atoms with Crippen molar-refractivity contribution in [3.05, 3.63) is 0 Å². The number of hydrogen-bond acceptors (Lipinski definition) is 8. The highest BCUT2D eigenvalue weighted by Gasteiger charge is 2.29. The maximum atomic E-state index is 11.6. The number of methoxy groups -OCH3 is 2. The number of hydrogen-bond donors (Lipinski definition) is 2. The Balaban J connectivity index is 4.81. The first kappa shape index (κ1) is 19.9. The van der Waals surface area contributed by atoms with Crippen LogP contribution in [-0.2, 0) is 33.4 Å². The Morgan fingerprint density at radius 1 is 1.14 bits per heavy atom. The van der Waals surface area contributed by atoms with Gasteiger partial charge >= 0.3 is 17.9 Å². The maximum Gasteiger partial charge on any atom is 0.374 e. The Kier molecular flexibility index (Phi) is 8.83. The highest BCUT2D eigenvalue weighted by Crippen LogP contribution is 2.18. The third-order valence-corrected chi connectivity index (χ3v) is 3.67. The van der Waals surface area contributed by atoms with Crippen molar-refractivity contribution in [1.29, 1.82) is 0 Å². The van der Waals surface area contributed by atoms with Crippen LogP contribution in [0.2, 0.25) is 0 Å². The van der Waals surface area contributed by atoms with Crippen molar-refractivity contribution in [3.63, 3.8) is 0 Å². The van der Waals surface area contributed by atoms with Crippen LogP contribution in [0.15, 0.2) is 0 Å². The molecule has 2 atom stereocenters. The molecule has 0 aliphatic heterocycles. The van der Waals surface area contributed by atoms with E-state index in [2.05, 4.69) is 14.8 Å². The summed E-state index contributed by atoms with van der Waals surface area (Å²) in [5.41, 5.74) is 0. The van der Waals surface area contributed by atoms with Crippen LogP contribution < -0.4 is 5.32 Å². The van der Waals surface area contributed by atoms with Crippen molar-refractivity contribution in [1.82, 2.24) is 5.32 Å². The van der Waals surface area contributed by atoms with E-state index in [1.807, 2.05) is 0 Å². The molecule has 0 saturated heterocycles. The minimum Gasteiger partial charge on any atom is -0.480 e. The van der Waals surface area contributed by atoms with Crippen molar-refractivity contribution in [2.75, 3.05) is 20.0 Å². The number of carbonyl (C=O) groups excluding carboxylic acids is 4. The molecule has 22 heavy (non-hydrogen) atoms. The minimum absolute atomic E-state index is 0.177. The van der Waals surface area contributed by atoms with E-state index in [0.717, 1.165) is 32.9 Å².